The van der Waals surface area contributed by atoms with Crippen molar-refractivity contribution in [3.8, 4) is 11.1 Å². The van der Waals surface area contributed by atoms with Gasteiger partial charge in [0.25, 0.3) is 0 Å². The van der Waals surface area contributed by atoms with E-state index in [1.165, 1.54) is 12.1 Å². The Hall–Kier alpha value is -1.80. The molecule has 0 saturated carbocycles. The van der Waals surface area contributed by atoms with Crippen molar-refractivity contribution < 1.29 is 26.2 Å². The third kappa shape index (κ3) is 4.93. The Balaban J connectivity index is 2.42. The van der Waals surface area contributed by atoms with Crippen LogP contribution in [0.1, 0.15) is 44.9 Å². The molecule has 2 aromatic rings. The van der Waals surface area contributed by atoms with Gasteiger partial charge in [0.2, 0.25) is 0 Å². The van der Waals surface area contributed by atoms with E-state index in [2.05, 4.69) is 4.72 Å². The molecule has 0 aliphatic carbocycles. The van der Waals surface area contributed by atoms with E-state index in [0.717, 1.165) is 18.2 Å². The van der Waals surface area contributed by atoms with Gasteiger partial charge in [-0.3, -0.25) is 0 Å². The number of rotatable bonds is 4. The molecule has 0 heterocycles. The van der Waals surface area contributed by atoms with Crippen LogP contribution in [0.15, 0.2) is 36.4 Å². The van der Waals surface area contributed by atoms with Crippen LogP contribution in [-0.4, -0.2) is 8.96 Å². The lowest BCUT2D eigenvalue weighted by Crippen LogP contribution is -2.35. The first-order chi connectivity index (χ1) is 12.3. The molecule has 0 fully saturated rings. The van der Waals surface area contributed by atoms with Crippen molar-refractivity contribution >= 4 is 11.0 Å². The summed E-state index contributed by atoms with van der Waals surface area (Å²) in [5.41, 5.74) is -1.81. The summed E-state index contributed by atoms with van der Waals surface area (Å²) in [6, 6.07) is 5.85. The molecule has 2 rings (SSSR count). The minimum Gasteiger partial charge on any atom is -0.242 e. The summed E-state index contributed by atoms with van der Waals surface area (Å²) in [4.78, 5) is 0. The molecule has 0 aliphatic heterocycles. The maximum absolute atomic E-state index is 14.5. The van der Waals surface area contributed by atoms with Crippen LogP contribution in [0.4, 0.5) is 22.0 Å². The molecule has 2 unspecified atom stereocenters. The molecule has 0 amide bonds. The predicted octanol–water partition coefficient (Wildman–Crippen LogP) is 5.76. The molecular weight excluding hydrogens is 385 g/mol. The number of hydrogen-bond donors (Lipinski definition) is 1. The molecule has 0 bridgehead atoms. The summed E-state index contributed by atoms with van der Waals surface area (Å²) in [7, 11) is -1.45. The fraction of sp³-hybridized carbons (Fsp3) is 0.368. The average Bonchev–Trinajstić information content (AvgIpc) is 2.52. The van der Waals surface area contributed by atoms with Crippen LogP contribution in [0.3, 0.4) is 0 Å². The molecule has 0 saturated heterocycles. The summed E-state index contributed by atoms with van der Waals surface area (Å²) >= 11 is 0. The largest absolute Gasteiger partial charge is 0.419 e. The van der Waals surface area contributed by atoms with Gasteiger partial charge in [0.1, 0.15) is 11.6 Å². The van der Waals surface area contributed by atoms with Crippen LogP contribution in [0, 0.1) is 11.6 Å². The number of benzene rings is 2. The van der Waals surface area contributed by atoms with Gasteiger partial charge >= 0.3 is 6.18 Å². The highest BCUT2D eigenvalue weighted by Crippen LogP contribution is 2.39. The van der Waals surface area contributed by atoms with Crippen molar-refractivity contribution in [1.82, 2.24) is 4.72 Å². The highest BCUT2D eigenvalue weighted by molar-refractivity contribution is 7.84. The van der Waals surface area contributed by atoms with Gasteiger partial charge in [-0.15, -0.1) is 0 Å². The number of halogens is 5. The Kier molecular flexibility index (Phi) is 6.11. The molecule has 148 valence electrons. The average molecular weight is 405 g/mol. The highest BCUT2D eigenvalue weighted by atomic mass is 32.2. The van der Waals surface area contributed by atoms with Crippen molar-refractivity contribution in [2.45, 2.75) is 44.7 Å². The summed E-state index contributed by atoms with van der Waals surface area (Å²) in [6.45, 7) is 6.87. The first-order valence-corrected chi connectivity index (χ1v) is 9.31. The minimum atomic E-state index is -4.91. The zero-order valence-corrected chi connectivity index (χ0v) is 16.1. The summed E-state index contributed by atoms with van der Waals surface area (Å²) < 4.78 is 82.2. The highest BCUT2D eigenvalue weighted by Gasteiger charge is 2.37. The maximum Gasteiger partial charge on any atom is 0.419 e. The molecule has 2 aromatic carbocycles. The molecular formula is C19H20F5NOS. The van der Waals surface area contributed by atoms with Crippen LogP contribution in [0.2, 0.25) is 0 Å². The predicted molar refractivity (Wildman–Crippen MR) is 96.2 cm³/mol. The lowest BCUT2D eigenvalue weighted by atomic mass is 9.96. The molecule has 2 atom stereocenters. The van der Waals surface area contributed by atoms with Gasteiger partial charge < -0.3 is 0 Å². The fourth-order valence-corrected chi connectivity index (χ4v) is 3.30. The Morgan fingerprint density at radius 1 is 1.00 bits per heavy atom. The molecule has 0 aliphatic rings. The lowest BCUT2D eigenvalue weighted by Gasteiger charge is -2.22. The van der Waals surface area contributed by atoms with Gasteiger partial charge in [0.15, 0.2) is 0 Å². The zero-order chi connectivity index (χ0) is 20.6. The molecule has 0 aromatic heterocycles. The fourth-order valence-electron chi connectivity index (χ4n) is 2.50. The van der Waals surface area contributed by atoms with Gasteiger partial charge in [-0.05, 0) is 51.0 Å². The molecule has 0 radical (unpaired) electrons. The molecule has 27 heavy (non-hydrogen) atoms. The maximum atomic E-state index is 14.5. The van der Waals surface area contributed by atoms with Crippen molar-refractivity contribution in [2.24, 2.45) is 0 Å². The minimum absolute atomic E-state index is 0.0905. The van der Waals surface area contributed by atoms with Crippen molar-refractivity contribution in [3.05, 3.63) is 59.2 Å². The van der Waals surface area contributed by atoms with Crippen LogP contribution in [0.25, 0.3) is 11.1 Å². The van der Waals surface area contributed by atoms with E-state index >= 15 is 0 Å². The van der Waals surface area contributed by atoms with E-state index in [1.54, 1.807) is 27.7 Å². The topological polar surface area (TPSA) is 29.1 Å². The van der Waals surface area contributed by atoms with E-state index in [-0.39, 0.29) is 11.1 Å². The number of alkyl halides is 3. The van der Waals surface area contributed by atoms with Crippen LogP contribution in [-0.2, 0) is 17.2 Å². The first kappa shape index (κ1) is 21.5. The molecule has 1 N–H and O–H groups in total. The van der Waals surface area contributed by atoms with Crippen LogP contribution >= 0.6 is 0 Å². The lowest BCUT2D eigenvalue weighted by molar-refractivity contribution is -0.139. The second-order valence-electron chi connectivity index (χ2n) is 7.12. The van der Waals surface area contributed by atoms with Crippen molar-refractivity contribution in [1.29, 1.82) is 0 Å². The van der Waals surface area contributed by atoms with Gasteiger partial charge in [0.05, 0.1) is 21.3 Å². The van der Waals surface area contributed by atoms with Gasteiger partial charge in [-0.1, -0.05) is 24.3 Å². The normalized spacial score (nSPS) is 14.9. The summed E-state index contributed by atoms with van der Waals surface area (Å²) in [5.74, 6) is -2.18. The smallest absolute Gasteiger partial charge is 0.242 e. The number of nitrogens with one attached hydrogen (secondary N) is 1. The SMILES string of the molecule is CC(NS(=O)C(C)(C)C)c1ccc(-c2cccc(F)c2C(F)(F)F)cc1F. The Bertz CT molecular complexity index is 858. The van der Waals surface area contributed by atoms with E-state index in [9.17, 15) is 26.2 Å². The van der Waals surface area contributed by atoms with E-state index in [4.69, 9.17) is 0 Å². The van der Waals surface area contributed by atoms with E-state index < -0.39 is 50.7 Å². The number of hydrogen-bond acceptors (Lipinski definition) is 1. The third-order valence-electron chi connectivity index (χ3n) is 3.92. The van der Waals surface area contributed by atoms with Gasteiger partial charge in [0, 0.05) is 11.6 Å². The second kappa shape index (κ2) is 7.67. The molecule has 2 nitrogen and oxygen atoms in total. The van der Waals surface area contributed by atoms with Crippen molar-refractivity contribution in [2.75, 3.05) is 0 Å². The summed E-state index contributed by atoms with van der Waals surface area (Å²) in [5, 5.41) is 0. The van der Waals surface area contributed by atoms with Gasteiger partial charge in [-0.25, -0.2) is 17.7 Å². The second-order valence-corrected chi connectivity index (χ2v) is 9.11. The quantitative estimate of drug-likeness (QED) is 0.644. The van der Waals surface area contributed by atoms with Crippen LogP contribution < -0.4 is 4.72 Å². The molecule has 8 heteroatoms. The zero-order valence-electron chi connectivity index (χ0n) is 15.2. The Labute approximate surface area is 157 Å². The first-order valence-electron chi connectivity index (χ1n) is 8.16. The van der Waals surface area contributed by atoms with Crippen molar-refractivity contribution in [3.63, 3.8) is 0 Å². The summed E-state index contributed by atoms with van der Waals surface area (Å²) in [6.07, 6.45) is -4.91. The Morgan fingerprint density at radius 3 is 2.15 bits per heavy atom. The third-order valence-corrected chi connectivity index (χ3v) is 5.60. The van der Waals surface area contributed by atoms with Crippen LogP contribution in [0.5, 0.6) is 0 Å². The standard InChI is InChI=1S/C19H20F5NOS/c1-11(25-27(26)18(2,3)4)13-9-8-12(10-16(13)21)14-6-5-7-15(20)17(14)19(22,23)24/h5-11,25H,1-4H3. The molecule has 0 spiro atoms. The van der Waals surface area contributed by atoms with Gasteiger partial charge in [-0.2, -0.15) is 13.2 Å². The Morgan fingerprint density at radius 2 is 1.63 bits per heavy atom. The monoisotopic (exact) mass is 405 g/mol. The van der Waals surface area contributed by atoms with E-state index in [1.807, 2.05) is 0 Å². The van der Waals surface area contributed by atoms with E-state index in [0.29, 0.717) is 6.07 Å².